The minimum absolute atomic E-state index is 0.0399. The van der Waals surface area contributed by atoms with Crippen LogP contribution < -0.4 is 15.2 Å². The Morgan fingerprint density at radius 1 is 1.26 bits per heavy atom. The molecule has 0 radical (unpaired) electrons. The van der Waals surface area contributed by atoms with Gasteiger partial charge in [0.25, 0.3) is 0 Å². The Hall–Kier alpha value is -3.01. The number of ether oxygens (including phenoxy) is 2. The standard InChI is InChI=1S/C16H12ClF3N4O3/c1-8-22-24(16(25)23(8)15(19)20)12-6-13(10(17)5-11(12)18)27-14-4-3-9(26-2)7-21-14/h3-7,15H,1-2H3. The minimum Gasteiger partial charge on any atom is -0.495 e. The lowest BCUT2D eigenvalue weighted by Crippen LogP contribution is -2.25. The first kappa shape index (κ1) is 18.8. The van der Waals surface area contributed by atoms with Crippen molar-refractivity contribution < 1.29 is 22.6 Å². The van der Waals surface area contributed by atoms with E-state index < -0.39 is 23.7 Å². The number of aryl methyl sites for hydroxylation is 1. The molecule has 0 bridgehead atoms. The lowest BCUT2D eigenvalue weighted by molar-refractivity contribution is 0.0640. The van der Waals surface area contributed by atoms with Crippen LogP contribution in [0.1, 0.15) is 12.4 Å². The van der Waals surface area contributed by atoms with Crippen LogP contribution in [0, 0.1) is 12.7 Å². The molecule has 11 heteroatoms. The summed E-state index contributed by atoms with van der Waals surface area (Å²) in [6.07, 6.45) is 1.39. The third-order valence-electron chi connectivity index (χ3n) is 3.56. The number of aromatic nitrogens is 4. The molecular weight excluding hydrogens is 389 g/mol. The Morgan fingerprint density at radius 3 is 2.56 bits per heavy atom. The molecule has 0 aliphatic carbocycles. The van der Waals surface area contributed by atoms with Crippen molar-refractivity contribution in [2.24, 2.45) is 0 Å². The van der Waals surface area contributed by atoms with Gasteiger partial charge in [0.2, 0.25) is 5.88 Å². The van der Waals surface area contributed by atoms with E-state index in [-0.39, 0.29) is 27.0 Å². The maximum Gasteiger partial charge on any atom is 0.355 e. The highest BCUT2D eigenvalue weighted by atomic mass is 35.5. The average molecular weight is 401 g/mol. The molecule has 7 nitrogen and oxygen atoms in total. The fraction of sp³-hybridized carbons (Fsp3) is 0.188. The van der Waals surface area contributed by atoms with Gasteiger partial charge in [-0.3, -0.25) is 0 Å². The SMILES string of the molecule is COc1ccc(Oc2cc(-n3nc(C)n(C(F)F)c3=O)c(F)cc2Cl)nc1. The van der Waals surface area contributed by atoms with Crippen molar-refractivity contribution in [1.29, 1.82) is 0 Å². The summed E-state index contributed by atoms with van der Waals surface area (Å²) in [6.45, 7) is -1.91. The molecule has 2 heterocycles. The van der Waals surface area contributed by atoms with Crippen LogP contribution >= 0.6 is 11.6 Å². The number of alkyl halides is 2. The van der Waals surface area contributed by atoms with Gasteiger partial charge in [0.05, 0.1) is 18.3 Å². The quantitative estimate of drug-likeness (QED) is 0.652. The van der Waals surface area contributed by atoms with Gasteiger partial charge in [0.1, 0.15) is 23.0 Å². The zero-order chi connectivity index (χ0) is 19.7. The Kier molecular flexibility index (Phi) is 5.08. The zero-order valence-electron chi connectivity index (χ0n) is 14.0. The molecule has 0 aliphatic heterocycles. The highest BCUT2D eigenvalue weighted by molar-refractivity contribution is 6.32. The molecule has 0 spiro atoms. The normalized spacial score (nSPS) is 11.1. The predicted octanol–water partition coefficient (Wildman–Crippen LogP) is 3.73. The van der Waals surface area contributed by atoms with Gasteiger partial charge in [-0.2, -0.15) is 13.5 Å². The lowest BCUT2D eigenvalue weighted by Gasteiger charge is -2.10. The Labute approximate surface area is 155 Å². The molecule has 3 rings (SSSR count). The second-order valence-corrected chi connectivity index (χ2v) is 5.67. The summed E-state index contributed by atoms with van der Waals surface area (Å²) >= 11 is 5.97. The van der Waals surface area contributed by atoms with Crippen molar-refractivity contribution in [3.05, 3.63) is 57.6 Å². The van der Waals surface area contributed by atoms with Gasteiger partial charge in [0, 0.05) is 12.1 Å². The minimum atomic E-state index is -3.11. The molecule has 0 atom stereocenters. The van der Waals surface area contributed by atoms with Crippen molar-refractivity contribution in [3.8, 4) is 23.1 Å². The van der Waals surface area contributed by atoms with Gasteiger partial charge in [-0.1, -0.05) is 11.6 Å². The second-order valence-electron chi connectivity index (χ2n) is 5.26. The first-order chi connectivity index (χ1) is 12.8. The summed E-state index contributed by atoms with van der Waals surface area (Å²) in [5.41, 5.74) is -1.59. The van der Waals surface area contributed by atoms with Crippen molar-refractivity contribution in [3.63, 3.8) is 0 Å². The molecule has 0 fully saturated rings. The van der Waals surface area contributed by atoms with Crippen LogP contribution in [0.4, 0.5) is 13.2 Å². The van der Waals surface area contributed by atoms with Crippen molar-refractivity contribution in [2.75, 3.05) is 7.11 Å². The number of methoxy groups -OCH3 is 1. The largest absolute Gasteiger partial charge is 0.495 e. The molecular formula is C16H12ClF3N4O3. The van der Waals surface area contributed by atoms with E-state index in [1.807, 2.05) is 0 Å². The van der Waals surface area contributed by atoms with Crippen LogP contribution in [0.25, 0.3) is 5.69 Å². The molecule has 0 amide bonds. The molecule has 0 saturated heterocycles. The smallest absolute Gasteiger partial charge is 0.355 e. The van der Waals surface area contributed by atoms with Gasteiger partial charge in [-0.25, -0.2) is 18.7 Å². The number of pyridine rings is 1. The summed E-state index contributed by atoms with van der Waals surface area (Å²) < 4.78 is 51.4. The zero-order valence-corrected chi connectivity index (χ0v) is 14.7. The molecule has 1 aromatic carbocycles. The monoisotopic (exact) mass is 400 g/mol. The van der Waals surface area contributed by atoms with E-state index in [0.29, 0.717) is 10.4 Å². The van der Waals surface area contributed by atoms with Crippen LogP contribution in [0.5, 0.6) is 17.4 Å². The van der Waals surface area contributed by atoms with Crippen molar-refractivity contribution in [2.45, 2.75) is 13.5 Å². The van der Waals surface area contributed by atoms with Crippen LogP contribution in [-0.4, -0.2) is 26.4 Å². The molecule has 2 aromatic heterocycles. The van der Waals surface area contributed by atoms with Crippen LogP contribution in [0.15, 0.2) is 35.3 Å². The number of rotatable bonds is 5. The molecule has 0 unspecified atom stereocenters. The average Bonchev–Trinajstić information content (AvgIpc) is 2.92. The topological polar surface area (TPSA) is 71.2 Å². The number of nitrogens with zero attached hydrogens (tertiary/aromatic N) is 4. The van der Waals surface area contributed by atoms with Crippen molar-refractivity contribution in [1.82, 2.24) is 19.3 Å². The van der Waals surface area contributed by atoms with Crippen LogP contribution in [0.3, 0.4) is 0 Å². The van der Waals surface area contributed by atoms with E-state index in [2.05, 4.69) is 10.1 Å². The van der Waals surface area contributed by atoms with Gasteiger partial charge in [-0.05, 0) is 19.1 Å². The second kappa shape index (κ2) is 7.31. The maximum atomic E-state index is 14.3. The first-order valence-electron chi connectivity index (χ1n) is 7.45. The summed E-state index contributed by atoms with van der Waals surface area (Å²) in [6, 6.07) is 5.03. The molecule has 27 heavy (non-hydrogen) atoms. The Bertz CT molecular complexity index is 1030. The van der Waals surface area contributed by atoms with Gasteiger partial charge >= 0.3 is 12.2 Å². The van der Waals surface area contributed by atoms with Gasteiger partial charge in [-0.15, -0.1) is 5.10 Å². The Morgan fingerprint density at radius 2 is 2.00 bits per heavy atom. The van der Waals surface area contributed by atoms with E-state index in [1.54, 1.807) is 6.07 Å². The maximum absolute atomic E-state index is 14.3. The van der Waals surface area contributed by atoms with Crippen LogP contribution in [-0.2, 0) is 0 Å². The lowest BCUT2D eigenvalue weighted by atomic mass is 10.3. The number of hydrogen-bond acceptors (Lipinski definition) is 5. The summed E-state index contributed by atoms with van der Waals surface area (Å²) in [7, 11) is 1.47. The Balaban J connectivity index is 2.04. The molecule has 0 N–H and O–H groups in total. The summed E-state index contributed by atoms with van der Waals surface area (Å²) in [4.78, 5) is 16.1. The summed E-state index contributed by atoms with van der Waals surface area (Å²) in [5.74, 6) is -0.633. The number of hydrogen-bond donors (Lipinski definition) is 0. The predicted molar refractivity (Wildman–Crippen MR) is 89.6 cm³/mol. The molecule has 3 aromatic rings. The van der Waals surface area contributed by atoms with Gasteiger partial charge < -0.3 is 9.47 Å². The fourth-order valence-electron chi connectivity index (χ4n) is 2.28. The fourth-order valence-corrected chi connectivity index (χ4v) is 2.47. The highest BCUT2D eigenvalue weighted by Crippen LogP contribution is 2.32. The third-order valence-corrected chi connectivity index (χ3v) is 3.86. The van der Waals surface area contributed by atoms with Crippen LogP contribution in [0.2, 0.25) is 5.02 Å². The number of halogens is 4. The molecule has 0 saturated carbocycles. The van der Waals surface area contributed by atoms with E-state index in [4.69, 9.17) is 21.1 Å². The van der Waals surface area contributed by atoms with Gasteiger partial charge in [0.15, 0.2) is 5.82 Å². The first-order valence-corrected chi connectivity index (χ1v) is 7.83. The number of benzene rings is 1. The summed E-state index contributed by atoms with van der Waals surface area (Å²) in [5, 5.41) is 3.57. The third kappa shape index (κ3) is 3.61. The highest BCUT2D eigenvalue weighted by Gasteiger charge is 2.21. The van der Waals surface area contributed by atoms with E-state index in [0.717, 1.165) is 12.1 Å². The van der Waals surface area contributed by atoms with E-state index in [9.17, 15) is 18.0 Å². The van der Waals surface area contributed by atoms with E-state index in [1.165, 1.54) is 26.3 Å². The van der Waals surface area contributed by atoms with Crippen molar-refractivity contribution >= 4 is 11.6 Å². The molecule has 0 aliphatic rings. The van der Waals surface area contributed by atoms with E-state index >= 15 is 0 Å². The molecule has 142 valence electrons.